The summed E-state index contributed by atoms with van der Waals surface area (Å²) in [6.07, 6.45) is 1.71. The summed E-state index contributed by atoms with van der Waals surface area (Å²) in [5.41, 5.74) is 3.40. The standard InChI is InChI=1S/C23H30N2O4/c1-16-5-7-19(8-6-16)25-11-9-18(10-12-25)23(26)24-15-17-13-20(27-2)22(29-4)21(14-17)28-3/h5-8,13-14,18H,9-12,15H2,1-4H3,(H,24,26). The number of hydrogen-bond donors (Lipinski definition) is 1. The first kappa shape index (κ1) is 20.8. The Labute approximate surface area is 172 Å². The fraction of sp³-hybridized carbons (Fsp3) is 0.435. The van der Waals surface area contributed by atoms with Crippen molar-refractivity contribution >= 4 is 11.6 Å². The Morgan fingerprint density at radius 1 is 1.00 bits per heavy atom. The molecule has 2 aromatic rings. The number of rotatable bonds is 7. The molecule has 1 fully saturated rings. The maximum Gasteiger partial charge on any atom is 0.223 e. The topological polar surface area (TPSA) is 60.0 Å². The van der Waals surface area contributed by atoms with Crippen molar-refractivity contribution in [2.45, 2.75) is 26.3 Å². The lowest BCUT2D eigenvalue weighted by Gasteiger charge is -2.33. The third-order valence-corrected chi connectivity index (χ3v) is 5.46. The molecule has 156 valence electrons. The Kier molecular flexibility index (Phi) is 6.86. The Bertz CT molecular complexity index is 802. The number of carbonyl (C=O) groups excluding carboxylic acids is 1. The molecule has 0 aliphatic carbocycles. The summed E-state index contributed by atoms with van der Waals surface area (Å²) in [6.45, 7) is 4.30. The van der Waals surface area contributed by atoms with Gasteiger partial charge in [0.25, 0.3) is 0 Å². The van der Waals surface area contributed by atoms with Crippen LogP contribution in [0.1, 0.15) is 24.0 Å². The van der Waals surface area contributed by atoms with Gasteiger partial charge in [-0.1, -0.05) is 17.7 Å². The lowest BCUT2D eigenvalue weighted by molar-refractivity contribution is -0.125. The van der Waals surface area contributed by atoms with Crippen molar-refractivity contribution in [3.05, 3.63) is 47.5 Å². The van der Waals surface area contributed by atoms with E-state index in [1.54, 1.807) is 21.3 Å². The van der Waals surface area contributed by atoms with Gasteiger partial charge in [-0.2, -0.15) is 0 Å². The van der Waals surface area contributed by atoms with E-state index in [4.69, 9.17) is 14.2 Å². The van der Waals surface area contributed by atoms with Crippen molar-refractivity contribution in [3.63, 3.8) is 0 Å². The highest BCUT2D eigenvalue weighted by molar-refractivity contribution is 5.79. The summed E-state index contributed by atoms with van der Waals surface area (Å²) in [7, 11) is 4.74. The highest BCUT2D eigenvalue weighted by Gasteiger charge is 2.25. The van der Waals surface area contributed by atoms with Crippen molar-refractivity contribution in [2.24, 2.45) is 5.92 Å². The first-order chi connectivity index (χ1) is 14.0. The van der Waals surface area contributed by atoms with Crippen LogP contribution >= 0.6 is 0 Å². The largest absolute Gasteiger partial charge is 0.493 e. The summed E-state index contributed by atoms with van der Waals surface area (Å²) >= 11 is 0. The summed E-state index contributed by atoms with van der Waals surface area (Å²) in [5.74, 6) is 1.86. The maximum absolute atomic E-state index is 12.7. The second-order valence-electron chi connectivity index (χ2n) is 7.35. The number of methoxy groups -OCH3 is 3. The zero-order valence-electron chi connectivity index (χ0n) is 17.7. The highest BCUT2D eigenvalue weighted by atomic mass is 16.5. The molecule has 1 N–H and O–H groups in total. The van der Waals surface area contributed by atoms with Gasteiger partial charge in [-0.15, -0.1) is 0 Å². The lowest BCUT2D eigenvalue weighted by Crippen LogP contribution is -2.40. The quantitative estimate of drug-likeness (QED) is 0.773. The number of aryl methyl sites for hydroxylation is 1. The molecule has 0 bridgehead atoms. The third-order valence-electron chi connectivity index (χ3n) is 5.46. The predicted octanol–water partition coefficient (Wildman–Crippen LogP) is 3.55. The number of hydrogen-bond acceptors (Lipinski definition) is 5. The number of nitrogens with zero attached hydrogens (tertiary/aromatic N) is 1. The van der Waals surface area contributed by atoms with Crippen molar-refractivity contribution < 1.29 is 19.0 Å². The minimum absolute atomic E-state index is 0.0405. The number of amides is 1. The molecule has 2 aromatic carbocycles. The molecule has 0 aromatic heterocycles. The number of benzene rings is 2. The van der Waals surface area contributed by atoms with Crippen LogP contribution in [-0.4, -0.2) is 40.3 Å². The van der Waals surface area contributed by atoms with Crippen molar-refractivity contribution in [3.8, 4) is 17.2 Å². The smallest absolute Gasteiger partial charge is 0.223 e. The lowest BCUT2D eigenvalue weighted by atomic mass is 9.95. The molecule has 29 heavy (non-hydrogen) atoms. The average molecular weight is 399 g/mol. The van der Waals surface area contributed by atoms with Gasteiger partial charge < -0.3 is 24.4 Å². The molecule has 1 saturated heterocycles. The van der Waals surface area contributed by atoms with Gasteiger partial charge in [-0.25, -0.2) is 0 Å². The Balaban J connectivity index is 1.56. The van der Waals surface area contributed by atoms with Gasteiger partial charge in [0.05, 0.1) is 21.3 Å². The molecule has 1 amide bonds. The number of nitrogens with one attached hydrogen (secondary N) is 1. The first-order valence-electron chi connectivity index (χ1n) is 9.94. The number of ether oxygens (including phenoxy) is 3. The normalized spacial score (nSPS) is 14.4. The van der Waals surface area contributed by atoms with Gasteiger partial charge in [0, 0.05) is 31.2 Å². The van der Waals surface area contributed by atoms with Crippen LogP contribution in [0.3, 0.4) is 0 Å². The Hall–Kier alpha value is -2.89. The van der Waals surface area contributed by atoms with Crippen LogP contribution in [0.4, 0.5) is 5.69 Å². The van der Waals surface area contributed by atoms with E-state index >= 15 is 0 Å². The van der Waals surface area contributed by atoms with Crippen molar-refractivity contribution in [2.75, 3.05) is 39.3 Å². The number of piperidine rings is 1. The van der Waals surface area contributed by atoms with Crippen LogP contribution in [-0.2, 0) is 11.3 Å². The molecule has 3 rings (SSSR count). The molecule has 6 heteroatoms. The fourth-order valence-electron chi connectivity index (χ4n) is 3.73. The summed E-state index contributed by atoms with van der Waals surface area (Å²) in [4.78, 5) is 15.0. The minimum atomic E-state index is 0.0405. The monoisotopic (exact) mass is 398 g/mol. The molecule has 0 spiro atoms. The maximum atomic E-state index is 12.7. The van der Waals surface area contributed by atoms with E-state index in [1.807, 2.05) is 12.1 Å². The van der Waals surface area contributed by atoms with Crippen LogP contribution in [0.2, 0.25) is 0 Å². The summed E-state index contributed by atoms with van der Waals surface area (Å²) in [5, 5.41) is 3.06. The molecule has 6 nitrogen and oxygen atoms in total. The van der Waals surface area contributed by atoms with Gasteiger partial charge in [-0.05, 0) is 49.6 Å². The molecule has 1 aliphatic heterocycles. The molecule has 1 aliphatic rings. The summed E-state index contributed by atoms with van der Waals surface area (Å²) in [6, 6.07) is 12.3. The fourth-order valence-corrected chi connectivity index (χ4v) is 3.73. The van der Waals surface area contributed by atoms with Crippen LogP contribution in [0.5, 0.6) is 17.2 Å². The molecule has 1 heterocycles. The van der Waals surface area contributed by atoms with Crippen molar-refractivity contribution in [1.29, 1.82) is 0 Å². The predicted molar refractivity (Wildman–Crippen MR) is 114 cm³/mol. The van der Waals surface area contributed by atoms with E-state index < -0.39 is 0 Å². The average Bonchev–Trinajstić information content (AvgIpc) is 2.77. The van der Waals surface area contributed by atoms with Crippen LogP contribution in [0, 0.1) is 12.8 Å². The number of carbonyl (C=O) groups is 1. The molecule has 0 radical (unpaired) electrons. The SMILES string of the molecule is COc1cc(CNC(=O)C2CCN(c3ccc(C)cc3)CC2)cc(OC)c1OC. The Morgan fingerprint density at radius 3 is 2.10 bits per heavy atom. The number of anilines is 1. The molecule has 0 unspecified atom stereocenters. The van der Waals surface area contributed by atoms with E-state index in [2.05, 4.69) is 41.4 Å². The Morgan fingerprint density at radius 2 is 1.59 bits per heavy atom. The van der Waals surface area contributed by atoms with Gasteiger partial charge in [0.15, 0.2) is 11.5 Å². The summed E-state index contributed by atoms with van der Waals surface area (Å²) < 4.78 is 16.1. The molecule has 0 saturated carbocycles. The van der Waals surface area contributed by atoms with Gasteiger partial charge in [-0.3, -0.25) is 4.79 Å². The molecular formula is C23H30N2O4. The zero-order chi connectivity index (χ0) is 20.8. The van der Waals surface area contributed by atoms with Crippen LogP contribution < -0.4 is 24.4 Å². The van der Waals surface area contributed by atoms with Gasteiger partial charge in [0.1, 0.15) is 0 Å². The first-order valence-corrected chi connectivity index (χ1v) is 9.94. The molecule has 0 atom stereocenters. The van der Waals surface area contributed by atoms with Gasteiger partial charge in [0.2, 0.25) is 11.7 Å². The van der Waals surface area contributed by atoms with Crippen LogP contribution in [0.15, 0.2) is 36.4 Å². The van der Waals surface area contributed by atoms with E-state index in [0.29, 0.717) is 23.8 Å². The molecular weight excluding hydrogens is 368 g/mol. The zero-order valence-corrected chi connectivity index (χ0v) is 17.7. The minimum Gasteiger partial charge on any atom is -0.493 e. The van der Waals surface area contributed by atoms with Crippen LogP contribution in [0.25, 0.3) is 0 Å². The van der Waals surface area contributed by atoms with E-state index in [1.165, 1.54) is 11.3 Å². The second kappa shape index (κ2) is 9.54. The highest BCUT2D eigenvalue weighted by Crippen LogP contribution is 2.38. The van der Waals surface area contributed by atoms with E-state index in [-0.39, 0.29) is 11.8 Å². The third kappa shape index (κ3) is 4.94. The second-order valence-corrected chi connectivity index (χ2v) is 7.35. The van der Waals surface area contributed by atoms with Gasteiger partial charge >= 0.3 is 0 Å². The van der Waals surface area contributed by atoms with Crippen molar-refractivity contribution in [1.82, 2.24) is 5.32 Å². The van der Waals surface area contributed by atoms with E-state index in [0.717, 1.165) is 31.5 Å². The van der Waals surface area contributed by atoms with E-state index in [9.17, 15) is 4.79 Å².